The van der Waals surface area contributed by atoms with Crippen molar-refractivity contribution in [3.63, 3.8) is 0 Å². The lowest BCUT2D eigenvalue weighted by Gasteiger charge is -2.07. The average molecular weight is 289 g/mol. The van der Waals surface area contributed by atoms with E-state index >= 15 is 0 Å². The van der Waals surface area contributed by atoms with Crippen molar-refractivity contribution >= 4 is 31.3 Å². The molecule has 0 amide bonds. The van der Waals surface area contributed by atoms with Crippen molar-refractivity contribution in [2.45, 2.75) is 6.42 Å². The molecule has 0 atom stereocenters. The smallest absolute Gasteiger partial charge is 0.232 e. The summed E-state index contributed by atoms with van der Waals surface area (Å²) in [5.41, 5.74) is -0.0375. The maximum Gasteiger partial charge on any atom is 0.232 e. The Kier molecular flexibility index (Phi) is 3.88. The third-order valence-corrected chi connectivity index (χ3v) is 3.31. The molecule has 1 rings (SSSR count). The number of hydrogen-bond acceptors (Lipinski definition) is 4. The number of benzene rings is 1. The highest BCUT2D eigenvalue weighted by Crippen LogP contribution is 2.35. The molecule has 0 unspecified atom stereocenters. The first-order valence-corrected chi connectivity index (χ1v) is 6.89. The zero-order valence-corrected chi connectivity index (χ0v) is 10.1. The first kappa shape index (κ1) is 13.3. The number of hydrogen-bond donors (Lipinski definition) is 2. The fourth-order valence-corrected chi connectivity index (χ4v) is 1.98. The van der Waals surface area contributed by atoms with Gasteiger partial charge in [0, 0.05) is 10.7 Å². The van der Waals surface area contributed by atoms with Crippen molar-refractivity contribution in [1.29, 1.82) is 0 Å². The zero-order valence-electron chi connectivity index (χ0n) is 7.74. The maximum atomic E-state index is 13.1. The molecule has 0 aliphatic rings. The Morgan fingerprint density at radius 2 is 1.88 bits per heavy atom. The molecule has 0 fully saturated rings. The van der Waals surface area contributed by atoms with Crippen LogP contribution in [0.15, 0.2) is 6.07 Å². The maximum absolute atomic E-state index is 13.1. The molecule has 0 heterocycles. The quantitative estimate of drug-likeness (QED) is 0.835. The van der Waals surface area contributed by atoms with Gasteiger partial charge < -0.3 is 10.2 Å². The highest BCUT2D eigenvalue weighted by molar-refractivity contribution is 8.13. The van der Waals surface area contributed by atoms with Gasteiger partial charge in [0.15, 0.2) is 11.5 Å². The second-order valence-electron chi connectivity index (χ2n) is 3.02. The van der Waals surface area contributed by atoms with E-state index in [1.54, 1.807) is 0 Å². The van der Waals surface area contributed by atoms with Crippen molar-refractivity contribution in [3.05, 3.63) is 22.5 Å². The van der Waals surface area contributed by atoms with E-state index in [1.165, 1.54) is 0 Å². The van der Waals surface area contributed by atoms with Crippen LogP contribution in [0, 0.1) is 5.82 Å². The van der Waals surface area contributed by atoms with Crippen LogP contribution < -0.4 is 0 Å². The van der Waals surface area contributed by atoms with Gasteiger partial charge in [-0.1, -0.05) is 11.6 Å². The molecule has 0 aliphatic heterocycles. The molecule has 16 heavy (non-hydrogen) atoms. The zero-order chi connectivity index (χ0) is 12.5. The highest BCUT2D eigenvalue weighted by atomic mass is 35.7. The summed E-state index contributed by atoms with van der Waals surface area (Å²) >= 11 is 5.46. The summed E-state index contributed by atoms with van der Waals surface area (Å²) in [4.78, 5) is 0. The van der Waals surface area contributed by atoms with Gasteiger partial charge in [0.2, 0.25) is 14.9 Å². The molecule has 0 aliphatic carbocycles. The molecule has 0 radical (unpaired) electrons. The first-order chi connectivity index (χ1) is 7.22. The van der Waals surface area contributed by atoms with Crippen LogP contribution in [0.4, 0.5) is 4.39 Å². The van der Waals surface area contributed by atoms with Gasteiger partial charge in [0.25, 0.3) is 0 Å². The van der Waals surface area contributed by atoms with Crippen LogP contribution in [0.5, 0.6) is 11.5 Å². The van der Waals surface area contributed by atoms with E-state index in [0.717, 1.165) is 6.07 Å². The predicted octanol–water partition coefficient (Wildman–Crippen LogP) is 2.00. The summed E-state index contributed by atoms with van der Waals surface area (Å²) < 4.78 is 34.4. The van der Waals surface area contributed by atoms with Gasteiger partial charge in [-0.3, -0.25) is 0 Å². The van der Waals surface area contributed by atoms with Crippen molar-refractivity contribution in [2.24, 2.45) is 0 Å². The SMILES string of the molecule is O=S(=O)(Cl)CCc1cc(Cl)c(O)c(F)c1O. The molecule has 0 saturated heterocycles. The summed E-state index contributed by atoms with van der Waals surface area (Å²) in [5, 5.41) is 18.0. The number of rotatable bonds is 3. The molecular weight excluding hydrogens is 282 g/mol. The largest absolute Gasteiger partial charge is 0.505 e. The minimum Gasteiger partial charge on any atom is -0.505 e. The Morgan fingerprint density at radius 1 is 1.31 bits per heavy atom. The number of halogens is 3. The van der Waals surface area contributed by atoms with Crippen molar-refractivity contribution in [2.75, 3.05) is 5.75 Å². The van der Waals surface area contributed by atoms with Gasteiger partial charge in [0.05, 0.1) is 10.8 Å². The molecule has 4 nitrogen and oxygen atoms in total. The Balaban J connectivity index is 3.07. The Hall–Kier alpha value is -0.720. The molecule has 0 bridgehead atoms. The minimum atomic E-state index is -3.74. The topological polar surface area (TPSA) is 74.6 Å². The van der Waals surface area contributed by atoms with Crippen LogP contribution in [0.25, 0.3) is 0 Å². The van der Waals surface area contributed by atoms with Gasteiger partial charge in [-0.2, -0.15) is 4.39 Å². The highest BCUT2D eigenvalue weighted by Gasteiger charge is 2.17. The van der Waals surface area contributed by atoms with E-state index in [-0.39, 0.29) is 17.0 Å². The monoisotopic (exact) mass is 288 g/mol. The molecule has 8 heteroatoms. The summed E-state index contributed by atoms with van der Waals surface area (Å²) in [6.45, 7) is 0. The lowest BCUT2D eigenvalue weighted by atomic mass is 10.1. The Labute approximate surface area is 101 Å². The van der Waals surface area contributed by atoms with Crippen LogP contribution in [0.2, 0.25) is 5.02 Å². The molecule has 1 aromatic carbocycles. The lowest BCUT2D eigenvalue weighted by Crippen LogP contribution is -2.02. The average Bonchev–Trinajstić information content (AvgIpc) is 2.17. The third-order valence-electron chi connectivity index (χ3n) is 1.86. The van der Waals surface area contributed by atoms with Gasteiger partial charge in [0.1, 0.15) is 0 Å². The van der Waals surface area contributed by atoms with Gasteiger partial charge in [-0.05, 0) is 18.1 Å². The van der Waals surface area contributed by atoms with Crippen molar-refractivity contribution in [1.82, 2.24) is 0 Å². The summed E-state index contributed by atoms with van der Waals surface area (Å²) in [7, 11) is 1.22. The number of phenolic OH excluding ortho intramolecular Hbond substituents is 2. The van der Waals surface area contributed by atoms with Gasteiger partial charge in [-0.25, -0.2) is 8.42 Å². The molecule has 0 aromatic heterocycles. The number of aryl methyl sites for hydroxylation is 1. The fourth-order valence-electron chi connectivity index (χ4n) is 1.07. The Bertz CT molecular complexity index is 515. The van der Waals surface area contributed by atoms with Crippen molar-refractivity contribution < 1.29 is 23.0 Å². The summed E-state index contributed by atoms with van der Waals surface area (Å²) in [6.07, 6.45) is -0.200. The molecular formula is C8H7Cl2FO4S. The number of aromatic hydroxyl groups is 2. The summed E-state index contributed by atoms with van der Waals surface area (Å²) in [5.74, 6) is -3.46. The Morgan fingerprint density at radius 3 is 2.38 bits per heavy atom. The predicted molar refractivity (Wildman–Crippen MR) is 58.1 cm³/mol. The second kappa shape index (κ2) is 4.65. The van der Waals surface area contributed by atoms with E-state index in [1.807, 2.05) is 0 Å². The standard InChI is InChI=1S/C8H7Cl2FO4S/c9-5-3-4(1-2-16(10,14)15)7(12)6(11)8(5)13/h3,12-13H,1-2H2. The molecule has 1 aromatic rings. The van der Waals surface area contributed by atoms with Crippen LogP contribution in [-0.4, -0.2) is 24.4 Å². The molecule has 0 spiro atoms. The summed E-state index contributed by atoms with van der Waals surface area (Å²) in [6, 6.07) is 1.08. The molecule has 0 saturated carbocycles. The van der Waals surface area contributed by atoms with Crippen LogP contribution in [0.1, 0.15) is 5.56 Å². The van der Waals surface area contributed by atoms with Gasteiger partial charge in [-0.15, -0.1) is 0 Å². The first-order valence-electron chi connectivity index (χ1n) is 4.03. The van der Waals surface area contributed by atoms with Crippen LogP contribution in [-0.2, 0) is 15.5 Å². The minimum absolute atomic E-state index is 0.0375. The van der Waals surface area contributed by atoms with E-state index in [9.17, 15) is 17.9 Å². The molecule has 90 valence electrons. The molecule has 2 N–H and O–H groups in total. The van der Waals surface area contributed by atoms with Crippen LogP contribution in [0.3, 0.4) is 0 Å². The lowest BCUT2D eigenvalue weighted by molar-refractivity contribution is 0.386. The number of phenols is 2. The van der Waals surface area contributed by atoms with Crippen molar-refractivity contribution in [3.8, 4) is 11.5 Å². The van der Waals surface area contributed by atoms with E-state index in [2.05, 4.69) is 0 Å². The van der Waals surface area contributed by atoms with E-state index < -0.39 is 32.1 Å². The normalized spacial score (nSPS) is 11.7. The van der Waals surface area contributed by atoms with E-state index in [0.29, 0.717) is 0 Å². The van der Waals surface area contributed by atoms with Crippen LogP contribution >= 0.6 is 22.3 Å². The second-order valence-corrected chi connectivity index (χ2v) is 6.33. The van der Waals surface area contributed by atoms with E-state index in [4.69, 9.17) is 27.4 Å². The fraction of sp³-hybridized carbons (Fsp3) is 0.250. The van der Waals surface area contributed by atoms with Gasteiger partial charge >= 0.3 is 0 Å². The third kappa shape index (κ3) is 3.13.